The second-order valence-corrected chi connectivity index (χ2v) is 7.66. The molecule has 1 fully saturated rings. The average Bonchev–Trinajstić information content (AvgIpc) is 3.20. The van der Waals surface area contributed by atoms with Crippen molar-refractivity contribution in [3.05, 3.63) is 65.9 Å². The molecule has 2 N–H and O–H groups in total. The summed E-state index contributed by atoms with van der Waals surface area (Å²) in [5.41, 5.74) is 2.15. The van der Waals surface area contributed by atoms with Gasteiger partial charge in [-0.15, -0.1) is 0 Å². The Balaban J connectivity index is 1.70. The molecule has 1 aromatic carbocycles. The van der Waals surface area contributed by atoms with Crippen LogP contribution in [0.15, 0.2) is 48.8 Å². The molecule has 8 heteroatoms. The van der Waals surface area contributed by atoms with Crippen LogP contribution in [-0.4, -0.2) is 39.2 Å². The van der Waals surface area contributed by atoms with Gasteiger partial charge in [-0.2, -0.15) is 10.4 Å². The third-order valence-corrected chi connectivity index (χ3v) is 5.44. The van der Waals surface area contributed by atoms with E-state index in [1.165, 1.54) is 12.1 Å². The topological polar surface area (TPSA) is 95.6 Å². The van der Waals surface area contributed by atoms with Gasteiger partial charge in [0.1, 0.15) is 23.4 Å². The second kappa shape index (κ2) is 9.06. The first-order valence-corrected chi connectivity index (χ1v) is 10.2. The number of piperidine rings is 1. The molecule has 7 nitrogen and oxygen atoms in total. The molecule has 1 aliphatic heterocycles. The Hall–Kier alpha value is -3.57. The minimum absolute atomic E-state index is 0.100. The van der Waals surface area contributed by atoms with E-state index in [4.69, 9.17) is 0 Å². The number of hydrogen-bond donors (Lipinski definition) is 2. The molecule has 1 saturated heterocycles. The zero-order chi connectivity index (χ0) is 21.8. The van der Waals surface area contributed by atoms with Crippen LogP contribution in [0.25, 0.3) is 11.1 Å². The number of hydrogen-bond acceptors (Lipinski definition) is 6. The summed E-state index contributed by atoms with van der Waals surface area (Å²) in [6.45, 7) is 0.828. The van der Waals surface area contributed by atoms with Gasteiger partial charge in [0.15, 0.2) is 0 Å². The molecular formula is C23H23FN6O. The number of Topliss-reactive ketones (excluding diaryl/α,β-unsaturated/α-hetero) is 1. The third kappa shape index (κ3) is 4.62. The standard InChI is InChI=1S/C23H23FN6O/c1-30-14-18(16-5-7-17(24)8-6-16)21(29-30)23(31)22(19-4-2-3-10-26-19)28-20-12-15(13-25)9-11-27-20/h5-9,11-12,14,19,22,26H,2-4,10H2,1H3,(H,27,28)/t19?,22-/m0/s1. The summed E-state index contributed by atoms with van der Waals surface area (Å²) < 4.78 is 15.0. The van der Waals surface area contributed by atoms with E-state index in [1.54, 1.807) is 48.4 Å². The van der Waals surface area contributed by atoms with Crippen LogP contribution in [-0.2, 0) is 7.05 Å². The van der Waals surface area contributed by atoms with Crippen molar-refractivity contribution in [2.24, 2.45) is 7.05 Å². The van der Waals surface area contributed by atoms with Gasteiger partial charge in [-0.05, 0) is 49.2 Å². The maximum absolute atomic E-state index is 13.7. The largest absolute Gasteiger partial charge is 0.358 e. The average molecular weight is 418 g/mol. The Morgan fingerprint density at radius 1 is 1.32 bits per heavy atom. The first kappa shape index (κ1) is 20.7. The lowest BCUT2D eigenvalue weighted by atomic mass is 9.91. The fourth-order valence-electron chi connectivity index (χ4n) is 3.91. The van der Waals surface area contributed by atoms with E-state index >= 15 is 0 Å². The zero-order valence-corrected chi connectivity index (χ0v) is 17.2. The summed E-state index contributed by atoms with van der Waals surface area (Å²) in [4.78, 5) is 18.0. The van der Waals surface area contributed by atoms with Crippen molar-refractivity contribution in [2.45, 2.75) is 31.3 Å². The molecule has 0 spiro atoms. The molecule has 1 aliphatic rings. The minimum atomic E-state index is -0.615. The summed E-state index contributed by atoms with van der Waals surface area (Å²) in [5.74, 6) is -0.0533. The highest BCUT2D eigenvalue weighted by atomic mass is 19.1. The number of nitrogens with zero attached hydrogens (tertiary/aromatic N) is 4. The number of ketones is 1. The van der Waals surface area contributed by atoms with Crippen LogP contribution in [0.5, 0.6) is 0 Å². The number of halogens is 1. The molecule has 0 saturated carbocycles. The van der Waals surface area contributed by atoms with Crippen molar-refractivity contribution in [3.8, 4) is 17.2 Å². The number of pyridine rings is 1. The summed E-state index contributed by atoms with van der Waals surface area (Å²) >= 11 is 0. The number of carbonyl (C=O) groups excluding carboxylic acids is 1. The Morgan fingerprint density at radius 3 is 2.84 bits per heavy atom. The van der Waals surface area contributed by atoms with Gasteiger partial charge in [-0.3, -0.25) is 9.48 Å². The van der Waals surface area contributed by atoms with E-state index in [9.17, 15) is 14.4 Å². The lowest BCUT2D eigenvalue weighted by molar-refractivity contribution is 0.0940. The Kier molecular flexibility index (Phi) is 6.05. The van der Waals surface area contributed by atoms with E-state index in [-0.39, 0.29) is 17.6 Å². The maximum atomic E-state index is 13.7. The van der Waals surface area contributed by atoms with Crippen LogP contribution in [0.2, 0.25) is 0 Å². The van der Waals surface area contributed by atoms with E-state index in [2.05, 4.69) is 26.8 Å². The van der Waals surface area contributed by atoms with Gasteiger partial charge in [-0.1, -0.05) is 18.6 Å². The molecule has 2 aromatic heterocycles. The van der Waals surface area contributed by atoms with Gasteiger partial charge in [-0.25, -0.2) is 9.37 Å². The summed E-state index contributed by atoms with van der Waals surface area (Å²) in [6, 6.07) is 10.6. The molecule has 2 atom stereocenters. The van der Waals surface area contributed by atoms with Crippen molar-refractivity contribution < 1.29 is 9.18 Å². The minimum Gasteiger partial charge on any atom is -0.358 e. The fraction of sp³-hybridized carbons (Fsp3) is 0.304. The predicted molar refractivity (Wildman–Crippen MR) is 115 cm³/mol. The van der Waals surface area contributed by atoms with Gasteiger partial charge in [0, 0.05) is 31.0 Å². The zero-order valence-electron chi connectivity index (χ0n) is 17.2. The molecule has 4 rings (SSSR count). The first-order chi connectivity index (χ1) is 15.0. The molecule has 0 amide bonds. The Morgan fingerprint density at radius 2 is 2.13 bits per heavy atom. The van der Waals surface area contributed by atoms with Gasteiger partial charge in [0.25, 0.3) is 0 Å². The van der Waals surface area contributed by atoms with Crippen molar-refractivity contribution in [3.63, 3.8) is 0 Å². The number of nitriles is 1. The van der Waals surface area contributed by atoms with E-state index in [1.807, 2.05) is 0 Å². The van der Waals surface area contributed by atoms with Crippen LogP contribution < -0.4 is 10.6 Å². The van der Waals surface area contributed by atoms with Crippen LogP contribution in [0.3, 0.4) is 0 Å². The van der Waals surface area contributed by atoms with Crippen LogP contribution >= 0.6 is 0 Å². The maximum Gasteiger partial charge on any atom is 0.207 e. The van der Waals surface area contributed by atoms with E-state index in [0.29, 0.717) is 22.6 Å². The number of carbonyl (C=O) groups is 1. The molecule has 1 unspecified atom stereocenters. The lowest BCUT2D eigenvalue weighted by Gasteiger charge is -2.31. The Labute approximate surface area is 179 Å². The highest BCUT2D eigenvalue weighted by Crippen LogP contribution is 2.26. The quantitative estimate of drug-likeness (QED) is 0.597. The third-order valence-electron chi connectivity index (χ3n) is 5.44. The molecule has 0 bridgehead atoms. The van der Waals surface area contributed by atoms with Crippen molar-refractivity contribution >= 4 is 11.6 Å². The van der Waals surface area contributed by atoms with E-state index in [0.717, 1.165) is 31.4 Å². The van der Waals surface area contributed by atoms with Gasteiger partial charge in [0.05, 0.1) is 11.6 Å². The highest BCUT2D eigenvalue weighted by molar-refractivity contribution is 6.05. The van der Waals surface area contributed by atoms with Crippen molar-refractivity contribution in [1.82, 2.24) is 20.1 Å². The number of anilines is 1. The summed E-state index contributed by atoms with van der Waals surface area (Å²) in [5, 5.41) is 20.3. The van der Waals surface area contributed by atoms with E-state index < -0.39 is 6.04 Å². The number of nitrogens with one attached hydrogen (secondary N) is 2. The van der Waals surface area contributed by atoms with Crippen LogP contribution in [0.1, 0.15) is 35.3 Å². The van der Waals surface area contributed by atoms with Gasteiger partial charge >= 0.3 is 0 Å². The smallest absolute Gasteiger partial charge is 0.207 e. The first-order valence-electron chi connectivity index (χ1n) is 10.2. The second-order valence-electron chi connectivity index (χ2n) is 7.66. The molecule has 158 valence electrons. The predicted octanol–water partition coefficient (Wildman–Crippen LogP) is 3.30. The molecule has 3 aromatic rings. The van der Waals surface area contributed by atoms with Crippen LogP contribution in [0, 0.1) is 17.1 Å². The van der Waals surface area contributed by atoms with Crippen molar-refractivity contribution in [1.29, 1.82) is 5.26 Å². The molecular weight excluding hydrogens is 395 g/mol. The molecule has 0 aliphatic carbocycles. The number of aromatic nitrogens is 3. The SMILES string of the molecule is Cn1cc(-c2ccc(F)cc2)c(C(=O)[C@@H](Nc2cc(C#N)ccn2)C2CCCCN2)n1. The number of rotatable bonds is 6. The van der Waals surface area contributed by atoms with Crippen molar-refractivity contribution in [2.75, 3.05) is 11.9 Å². The molecule has 31 heavy (non-hydrogen) atoms. The van der Waals surface area contributed by atoms with Gasteiger partial charge in [0.2, 0.25) is 5.78 Å². The molecule has 3 heterocycles. The summed E-state index contributed by atoms with van der Waals surface area (Å²) in [6.07, 6.45) is 6.22. The summed E-state index contributed by atoms with van der Waals surface area (Å²) in [7, 11) is 1.75. The Bertz CT molecular complexity index is 1110. The fourth-order valence-corrected chi connectivity index (χ4v) is 3.91. The number of aryl methyl sites for hydroxylation is 1. The highest BCUT2D eigenvalue weighted by Gasteiger charge is 2.33. The van der Waals surface area contributed by atoms with Gasteiger partial charge < -0.3 is 10.6 Å². The lowest BCUT2D eigenvalue weighted by Crippen LogP contribution is -2.51. The monoisotopic (exact) mass is 418 g/mol. The van der Waals surface area contributed by atoms with Crippen LogP contribution in [0.4, 0.5) is 10.2 Å². The number of benzene rings is 1. The molecule has 0 radical (unpaired) electrons. The normalized spacial score (nSPS) is 17.0.